The number of fused-ring (bicyclic) bond motifs is 1. The number of benzene rings is 2. The van der Waals surface area contributed by atoms with Crippen molar-refractivity contribution in [1.82, 2.24) is 9.97 Å². The number of nitrogens with one attached hydrogen (secondary N) is 1. The predicted molar refractivity (Wildman–Crippen MR) is 96.1 cm³/mol. The molecule has 0 aliphatic heterocycles. The highest BCUT2D eigenvalue weighted by Crippen LogP contribution is 2.20. The van der Waals surface area contributed by atoms with Crippen LogP contribution >= 0.6 is 15.9 Å². The molecule has 0 saturated carbocycles. The Labute approximate surface area is 142 Å². The lowest BCUT2D eigenvalue weighted by Gasteiger charge is -2.04. The van der Waals surface area contributed by atoms with Crippen LogP contribution in [0.2, 0.25) is 0 Å². The molecule has 0 aliphatic rings. The third-order valence-electron chi connectivity index (χ3n) is 3.30. The second-order valence-electron chi connectivity index (χ2n) is 5.07. The summed E-state index contributed by atoms with van der Waals surface area (Å²) in [5, 5.41) is 2.82. The lowest BCUT2D eigenvalue weighted by atomic mass is 10.2. The molecular formula is C18H14BrN3O. The number of carbonyl (C=O) groups excluding carboxylic acids is 1. The fourth-order valence-electron chi connectivity index (χ4n) is 2.12. The average molecular weight is 368 g/mol. The smallest absolute Gasteiger partial charge is 0.248 e. The van der Waals surface area contributed by atoms with Crippen LogP contribution < -0.4 is 5.32 Å². The Hall–Kier alpha value is -2.53. The number of nitrogens with zero attached hydrogens (tertiary/aromatic N) is 2. The van der Waals surface area contributed by atoms with Crippen molar-refractivity contribution >= 4 is 44.6 Å². The monoisotopic (exact) mass is 367 g/mol. The highest BCUT2D eigenvalue weighted by atomic mass is 79.9. The number of anilines is 1. The maximum Gasteiger partial charge on any atom is 0.248 e. The lowest BCUT2D eigenvalue weighted by molar-refractivity contribution is -0.111. The maximum absolute atomic E-state index is 12.0. The molecular weight excluding hydrogens is 354 g/mol. The number of aromatic nitrogens is 2. The van der Waals surface area contributed by atoms with Crippen molar-refractivity contribution in [1.29, 1.82) is 0 Å². The lowest BCUT2D eigenvalue weighted by Crippen LogP contribution is -2.07. The Bertz CT molecular complexity index is 906. The highest BCUT2D eigenvalue weighted by molar-refractivity contribution is 9.10. The van der Waals surface area contributed by atoms with Gasteiger partial charge in [0.25, 0.3) is 0 Å². The molecule has 0 radical (unpaired) electrons. The highest BCUT2D eigenvalue weighted by Gasteiger charge is 2.01. The van der Waals surface area contributed by atoms with Gasteiger partial charge in [-0.1, -0.05) is 28.1 Å². The zero-order valence-corrected chi connectivity index (χ0v) is 14.0. The Kier molecular flexibility index (Phi) is 4.48. The number of carbonyl (C=O) groups is 1. The van der Waals surface area contributed by atoms with Gasteiger partial charge < -0.3 is 5.32 Å². The van der Waals surface area contributed by atoms with E-state index >= 15 is 0 Å². The zero-order chi connectivity index (χ0) is 16.2. The summed E-state index contributed by atoms with van der Waals surface area (Å²) in [5.41, 5.74) is 4.10. The van der Waals surface area contributed by atoms with E-state index in [9.17, 15) is 4.79 Å². The minimum Gasteiger partial charge on any atom is -0.323 e. The molecule has 114 valence electrons. The van der Waals surface area contributed by atoms with Crippen molar-refractivity contribution in [2.24, 2.45) is 0 Å². The number of amides is 1. The first-order chi connectivity index (χ1) is 11.1. The Balaban J connectivity index is 1.72. The van der Waals surface area contributed by atoms with Crippen LogP contribution in [0.1, 0.15) is 11.3 Å². The molecule has 0 fully saturated rings. The average Bonchev–Trinajstić information content (AvgIpc) is 2.56. The molecule has 1 N–H and O–H groups in total. The summed E-state index contributed by atoms with van der Waals surface area (Å²) >= 11 is 3.43. The number of hydrogen-bond acceptors (Lipinski definition) is 3. The van der Waals surface area contributed by atoms with Gasteiger partial charge in [0.05, 0.1) is 22.9 Å². The summed E-state index contributed by atoms with van der Waals surface area (Å²) in [6.45, 7) is 1.97. The van der Waals surface area contributed by atoms with Gasteiger partial charge in [-0.25, -0.2) is 4.98 Å². The van der Waals surface area contributed by atoms with E-state index in [1.54, 1.807) is 12.3 Å². The second-order valence-corrected chi connectivity index (χ2v) is 5.92. The van der Waals surface area contributed by atoms with Gasteiger partial charge in [0.2, 0.25) is 5.91 Å². The van der Waals surface area contributed by atoms with E-state index < -0.39 is 0 Å². The van der Waals surface area contributed by atoms with Crippen LogP contribution in [-0.4, -0.2) is 15.9 Å². The van der Waals surface area contributed by atoms with Gasteiger partial charge in [-0.05, 0) is 48.9 Å². The molecule has 0 unspecified atom stereocenters. The van der Waals surface area contributed by atoms with Crippen LogP contribution in [0.3, 0.4) is 0 Å². The molecule has 0 saturated heterocycles. The minimum absolute atomic E-state index is 0.207. The second kappa shape index (κ2) is 6.71. The van der Waals surface area contributed by atoms with Crippen molar-refractivity contribution in [3.63, 3.8) is 0 Å². The van der Waals surface area contributed by atoms with Gasteiger partial charge in [0.15, 0.2) is 0 Å². The van der Waals surface area contributed by atoms with Gasteiger partial charge in [-0.15, -0.1) is 0 Å². The molecule has 1 amide bonds. The normalized spacial score (nSPS) is 11.0. The van der Waals surface area contributed by atoms with E-state index in [2.05, 4.69) is 31.2 Å². The number of hydrogen-bond donors (Lipinski definition) is 1. The number of rotatable bonds is 3. The quantitative estimate of drug-likeness (QED) is 0.700. The number of halogens is 1. The Morgan fingerprint density at radius 3 is 2.74 bits per heavy atom. The SMILES string of the molecule is Cc1cc(NC(=O)/C=C/c2cnc3ccccc3n2)ccc1Br. The molecule has 3 aromatic rings. The van der Waals surface area contributed by atoms with Crippen LogP contribution in [0.4, 0.5) is 5.69 Å². The predicted octanol–water partition coefficient (Wildman–Crippen LogP) is 4.35. The maximum atomic E-state index is 12.0. The standard InChI is InChI=1S/C18H14BrN3O/c1-12-10-13(6-8-15(12)19)22-18(23)9-7-14-11-20-16-4-2-3-5-17(16)21-14/h2-11H,1H3,(H,22,23)/b9-7+. The molecule has 4 nitrogen and oxygen atoms in total. The van der Waals surface area contributed by atoms with Crippen molar-refractivity contribution in [3.8, 4) is 0 Å². The van der Waals surface area contributed by atoms with Crippen molar-refractivity contribution in [2.45, 2.75) is 6.92 Å². The summed E-state index contributed by atoms with van der Waals surface area (Å²) < 4.78 is 1.01. The van der Waals surface area contributed by atoms with Gasteiger partial charge in [0.1, 0.15) is 0 Å². The van der Waals surface area contributed by atoms with E-state index in [1.165, 1.54) is 6.08 Å². The van der Waals surface area contributed by atoms with E-state index in [0.29, 0.717) is 5.69 Å². The van der Waals surface area contributed by atoms with E-state index in [1.807, 2.05) is 49.4 Å². The number of aryl methyl sites for hydroxylation is 1. The number of para-hydroxylation sites is 2. The van der Waals surface area contributed by atoms with Gasteiger partial charge in [-0.3, -0.25) is 9.78 Å². The van der Waals surface area contributed by atoms with Gasteiger partial charge in [0, 0.05) is 16.2 Å². The zero-order valence-electron chi connectivity index (χ0n) is 12.5. The Morgan fingerprint density at radius 2 is 1.96 bits per heavy atom. The summed E-state index contributed by atoms with van der Waals surface area (Å²) in [4.78, 5) is 20.7. The minimum atomic E-state index is -0.207. The molecule has 0 aliphatic carbocycles. The van der Waals surface area contributed by atoms with Crippen LogP contribution in [0.15, 0.2) is 59.2 Å². The first-order valence-corrected chi connectivity index (χ1v) is 7.88. The summed E-state index contributed by atoms with van der Waals surface area (Å²) in [6.07, 6.45) is 4.76. The first-order valence-electron chi connectivity index (χ1n) is 7.09. The topological polar surface area (TPSA) is 54.9 Å². The van der Waals surface area contributed by atoms with E-state index in [-0.39, 0.29) is 5.91 Å². The largest absolute Gasteiger partial charge is 0.323 e. The van der Waals surface area contributed by atoms with Crippen LogP contribution in [0.25, 0.3) is 17.1 Å². The Morgan fingerprint density at radius 1 is 1.17 bits per heavy atom. The molecule has 0 atom stereocenters. The molecule has 1 heterocycles. The molecule has 1 aromatic heterocycles. The van der Waals surface area contributed by atoms with Crippen molar-refractivity contribution < 1.29 is 4.79 Å². The van der Waals surface area contributed by atoms with Crippen LogP contribution in [-0.2, 0) is 4.79 Å². The van der Waals surface area contributed by atoms with Crippen LogP contribution in [0, 0.1) is 6.92 Å². The summed E-state index contributed by atoms with van der Waals surface area (Å²) in [6, 6.07) is 13.3. The van der Waals surface area contributed by atoms with Gasteiger partial charge >= 0.3 is 0 Å². The molecule has 0 bridgehead atoms. The molecule has 3 rings (SSSR count). The third kappa shape index (κ3) is 3.81. The fourth-order valence-corrected chi connectivity index (χ4v) is 2.37. The van der Waals surface area contributed by atoms with E-state index in [4.69, 9.17) is 0 Å². The third-order valence-corrected chi connectivity index (χ3v) is 4.19. The van der Waals surface area contributed by atoms with Crippen molar-refractivity contribution in [2.75, 3.05) is 5.32 Å². The van der Waals surface area contributed by atoms with Crippen molar-refractivity contribution in [3.05, 3.63) is 70.5 Å². The molecule has 0 spiro atoms. The fraction of sp³-hybridized carbons (Fsp3) is 0.0556. The van der Waals surface area contributed by atoms with E-state index in [0.717, 1.165) is 26.8 Å². The molecule has 2 aromatic carbocycles. The summed E-state index contributed by atoms with van der Waals surface area (Å²) in [5.74, 6) is -0.207. The molecule has 23 heavy (non-hydrogen) atoms. The summed E-state index contributed by atoms with van der Waals surface area (Å²) in [7, 11) is 0. The van der Waals surface area contributed by atoms with Gasteiger partial charge in [-0.2, -0.15) is 0 Å². The first kappa shape index (κ1) is 15.4. The van der Waals surface area contributed by atoms with Crippen LogP contribution in [0.5, 0.6) is 0 Å². The molecule has 5 heteroatoms.